The van der Waals surface area contributed by atoms with Gasteiger partial charge in [0.15, 0.2) is 0 Å². The molecule has 7 heteroatoms. The summed E-state index contributed by atoms with van der Waals surface area (Å²) in [7, 11) is 0. The van der Waals surface area contributed by atoms with Crippen LogP contribution in [0.15, 0.2) is 12.5 Å². The quantitative estimate of drug-likeness (QED) is 0.391. The third kappa shape index (κ3) is 4.59. The number of hydrogen-bond donors (Lipinski definition) is 4. The molecule has 0 aromatic carbocycles. The number of imidazole rings is 1. The fourth-order valence-corrected chi connectivity index (χ4v) is 1.74. The van der Waals surface area contributed by atoms with Crippen LogP contribution >= 0.6 is 12.6 Å². The monoisotopic (exact) mass is 270 g/mol. The van der Waals surface area contributed by atoms with Gasteiger partial charge in [0, 0.05) is 24.1 Å². The Balaban J connectivity index is 2.53. The second-order valence-corrected chi connectivity index (χ2v) is 4.44. The van der Waals surface area contributed by atoms with E-state index in [9.17, 15) is 9.59 Å². The van der Waals surface area contributed by atoms with Gasteiger partial charge in [-0.2, -0.15) is 12.6 Å². The van der Waals surface area contributed by atoms with Gasteiger partial charge in [0.25, 0.3) is 0 Å². The molecule has 1 aromatic rings. The van der Waals surface area contributed by atoms with E-state index in [1.54, 1.807) is 12.5 Å². The van der Waals surface area contributed by atoms with E-state index in [4.69, 9.17) is 0 Å². The minimum atomic E-state index is -0.410. The summed E-state index contributed by atoms with van der Waals surface area (Å²) in [5, 5.41) is 0. The second-order valence-electron chi connectivity index (χ2n) is 4.08. The first-order valence-corrected chi connectivity index (χ1v) is 6.28. The van der Waals surface area contributed by atoms with Crippen LogP contribution in [0.1, 0.15) is 19.5 Å². The Kier molecular flexibility index (Phi) is 6.03. The van der Waals surface area contributed by atoms with E-state index in [1.807, 2.05) is 0 Å². The van der Waals surface area contributed by atoms with Crippen LogP contribution in [0.3, 0.4) is 0 Å². The molecule has 0 saturated heterocycles. The molecular formula is C11H18N4O2S. The van der Waals surface area contributed by atoms with Crippen molar-refractivity contribution in [2.45, 2.75) is 32.4 Å². The topological polar surface area (TPSA) is 86.9 Å². The number of nitrogens with zero attached hydrogens (tertiary/aromatic N) is 1. The predicted molar refractivity (Wildman–Crippen MR) is 71.4 cm³/mol. The van der Waals surface area contributed by atoms with E-state index < -0.39 is 12.1 Å². The SMILES string of the molecule is CC(=O)[C@H](CS)NN[C@@H](Cc1cnc[nH]1)C(C)=O. The summed E-state index contributed by atoms with van der Waals surface area (Å²) in [6.45, 7) is 2.98. The molecule has 6 nitrogen and oxygen atoms in total. The van der Waals surface area contributed by atoms with Gasteiger partial charge >= 0.3 is 0 Å². The summed E-state index contributed by atoms with van der Waals surface area (Å²) in [5.41, 5.74) is 6.56. The first-order valence-electron chi connectivity index (χ1n) is 5.64. The minimum absolute atomic E-state index is 0.0152. The standard InChI is InChI=1S/C11H18N4O2S/c1-7(16)10(3-9-4-12-6-13-9)14-15-11(5-18)8(2)17/h4,6,10-11,14-15,18H,3,5H2,1-2H3,(H,12,13)/t10-,11-/m0/s1. The maximum atomic E-state index is 11.5. The average Bonchev–Trinajstić information content (AvgIpc) is 2.80. The fourth-order valence-electron chi connectivity index (χ4n) is 1.39. The van der Waals surface area contributed by atoms with Crippen molar-refractivity contribution < 1.29 is 9.59 Å². The highest BCUT2D eigenvalue weighted by Gasteiger charge is 2.18. The van der Waals surface area contributed by atoms with E-state index >= 15 is 0 Å². The molecule has 1 aromatic heterocycles. The Morgan fingerprint density at radius 2 is 1.94 bits per heavy atom. The first-order chi connectivity index (χ1) is 8.54. The van der Waals surface area contributed by atoms with Crippen LogP contribution in [0.25, 0.3) is 0 Å². The molecule has 18 heavy (non-hydrogen) atoms. The third-order valence-electron chi connectivity index (χ3n) is 2.57. The Morgan fingerprint density at radius 1 is 1.33 bits per heavy atom. The summed E-state index contributed by atoms with van der Waals surface area (Å²) in [5.74, 6) is 0.330. The molecule has 100 valence electrons. The van der Waals surface area contributed by atoms with Gasteiger partial charge in [-0.3, -0.25) is 9.59 Å². The number of aromatic nitrogens is 2. The third-order valence-corrected chi connectivity index (χ3v) is 2.94. The Labute approximate surface area is 111 Å². The van der Waals surface area contributed by atoms with Crippen molar-refractivity contribution in [3.05, 3.63) is 18.2 Å². The molecule has 1 rings (SSSR count). The molecule has 0 aliphatic carbocycles. The van der Waals surface area contributed by atoms with Gasteiger partial charge in [0.05, 0.1) is 18.4 Å². The summed E-state index contributed by atoms with van der Waals surface area (Å²) >= 11 is 4.07. The smallest absolute Gasteiger partial charge is 0.148 e. The Morgan fingerprint density at radius 3 is 2.39 bits per heavy atom. The summed E-state index contributed by atoms with van der Waals surface area (Å²) in [4.78, 5) is 29.5. The number of ketones is 2. The zero-order chi connectivity index (χ0) is 13.5. The lowest BCUT2D eigenvalue weighted by molar-refractivity contribution is -0.121. The highest BCUT2D eigenvalue weighted by atomic mass is 32.1. The number of rotatable bonds is 8. The van der Waals surface area contributed by atoms with Gasteiger partial charge in [-0.05, 0) is 13.8 Å². The minimum Gasteiger partial charge on any atom is -0.348 e. The van der Waals surface area contributed by atoms with E-state index in [0.717, 1.165) is 5.69 Å². The molecule has 1 heterocycles. The van der Waals surface area contributed by atoms with Crippen molar-refractivity contribution in [3.63, 3.8) is 0 Å². The molecule has 0 radical (unpaired) electrons. The van der Waals surface area contributed by atoms with Gasteiger partial charge in [-0.15, -0.1) is 0 Å². The van der Waals surface area contributed by atoms with Crippen molar-refractivity contribution in [3.8, 4) is 0 Å². The van der Waals surface area contributed by atoms with E-state index in [1.165, 1.54) is 13.8 Å². The van der Waals surface area contributed by atoms with Crippen molar-refractivity contribution in [2.75, 3.05) is 5.75 Å². The number of carbonyl (C=O) groups excluding carboxylic acids is 2. The number of hydrogen-bond acceptors (Lipinski definition) is 6. The lowest BCUT2D eigenvalue weighted by atomic mass is 10.1. The number of nitrogens with one attached hydrogen (secondary N) is 3. The number of carbonyl (C=O) groups is 2. The van der Waals surface area contributed by atoms with Gasteiger partial charge in [0.1, 0.15) is 11.6 Å². The number of thiol groups is 1. The van der Waals surface area contributed by atoms with Crippen LogP contribution in [-0.4, -0.2) is 39.4 Å². The highest BCUT2D eigenvalue weighted by Crippen LogP contribution is 1.99. The summed E-state index contributed by atoms with van der Waals surface area (Å²) in [6, 6.07) is -0.816. The van der Waals surface area contributed by atoms with Crippen molar-refractivity contribution in [2.24, 2.45) is 0 Å². The summed E-state index contributed by atoms with van der Waals surface area (Å²) in [6.07, 6.45) is 3.71. The number of H-pyrrole nitrogens is 1. The number of aromatic amines is 1. The average molecular weight is 270 g/mol. The first kappa shape index (κ1) is 14.9. The van der Waals surface area contributed by atoms with Crippen LogP contribution in [0, 0.1) is 0 Å². The van der Waals surface area contributed by atoms with Crippen LogP contribution < -0.4 is 10.9 Å². The van der Waals surface area contributed by atoms with Gasteiger partial charge < -0.3 is 4.98 Å². The Bertz CT molecular complexity index is 394. The zero-order valence-electron chi connectivity index (χ0n) is 10.4. The molecule has 0 saturated carbocycles. The summed E-state index contributed by atoms with van der Waals surface area (Å²) < 4.78 is 0. The van der Waals surface area contributed by atoms with Gasteiger partial charge in [0.2, 0.25) is 0 Å². The van der Waals surface area contributed by atoms with Crippen LogP contribution in [0.4, 0.5) is 0 Å². The fraction of sp³-hybridized carbons (Fsp3) is 0.545. The molecule has 0 fully saturated rings. The molecule has 0 amide bonds. The second kappa shape index (κ2) is 7.30. The van der Waals surface area contributed by atoms with Crippen molar-refractivity contribution >= 4 is 24.2 Å². The van der Waals surface area contributed by atoms with E-state index in [0.29, 0.717) is 12.2 Å². The highest BCUT2D eigenvalue weighted by molar-refractivity contribution is 7.80. The van der Waals surface area contributed by atoms with Crippen LogP contribution in [-0.2, 0) is 16.0 Å². The molecular weight excluding hydrogens is 252 g/mol. The van der Waals surface area contributed by atoms with Crippen molar-refractivity contribution in [1.82, 2.24) is 20.8 Å². The number of Topliss-reactive ketones (excluding diaryl/α,β-unsaturated/α-hetero) is 2. The molecule has 3 N–H and O–H groups in total. The zero-order valence-corrected chi connectivity index (χ0v) is 11.3. The lowest BCUT2D eigenvalue weighted by Crippen LogP contribution is -2.53. The Hall–Kier alpha value is -1.18. The normalized spacial score (nSPS) is 14.2. The molecule has 0 bridgehead atoms. The molecule has 0 aliphatic heterocycles. The number of hydrazine groups is 1. The van der Waals surface area contributed by atoms with Crippen molar-refractivity contribution in [1.29, 1.82) is 0 Å². The van der Waals surface area contributed by atoms with Gasteiger partial charge in [-0.1, -0.05) is 0 Å². The maximum Gasteiger partial charge on any atom is 0.148 e. The maximum absolute atomic E-state index is 11.5. The largest absolute Gasteiger partial charge is 0.348 e. The van der Waals surface area contributed by atoms with Crippen LogP contribution in [0.2, 0.25) is 0 Å². The molecule has 2 atom stereocenters. The van der Waals surface area contributed by atoms with Gasteiger partial charge in [-0.25, -0.2) is 15.8 Å². The predicted octanol–water partition coefficient (Wildman–Crippen LogP) is -0.109. The molecule has 0 aliphatic rings. The van der Waals surface area contributed by atoms with Crippen LogP contribution in [0.5, 0.6) is 0 Å². The molecule has 0 spiro atoms. The molecule has 0 unspecified atom stereocenters. The lowest BCUT2D eigenvalue weighted by Gasteiger charge is -2.20. The van der Waals surface area contributed by atoms with E-state index in [2.05, 4.69) is 33.4 Å². The van der Waals surface area contributed by atoms with E-state index in [-0.39, 0.29) is 11.6 Å².